The second-order valence-electron chi connectivity index (χ2n) is 6.92. The van der Waals surface area contributed by atoms with Gasteiger partial charge >= 0.3 is 0 Å². The number of amides is 2. The summed E-state index contributed by atoms with van der Waals surface area (Å²) in [7, 11) is 1.79. The third-order valence-corrected chi connectivity index (χ3v) is 4.92. The molecule has 28 heavy (non-hydrogen) atoms. The third kappa shape index (κ3) is 4.42. The number of nitrogens with zero attached hydrogens (tertiary/aromatic N) is 2. The molecule has 0 saturated heterocycles. The zero-order chi connectivity index (χ0) is 20.1. The lowest BCUT2D eigenvalue weighted by molar-refractivity contribution is -0.134. The van der Waals surface area contributed by atoms with Gasteiger partial charge in [-0.3, -0.25) is 9.59 Å². The number of fused-ring (bicyclic) bond motifs is 1. The molecule has 146 valence electrons. The highest BCUT2D eigenvalue weighted by atomic mass is 16.5. The van der Waals surface area contributed by atoms with Crippen molar-refractivity contribution in [3.63, 3.8) is 0 Å². The molecule has 1 atom stereocenters. The van der Waals surface area contributed by atoms with Gasteiger partial charge in [0.2, 0.25) is 11.8 Å². The summed E-state index contributed by atoms with van der Waals surface area (Å²) in [6.45, 7) is 4.61. The fourth-order valence-electron chi connectivity index (χ4n) is 3.45. The van der Waals surface area contributed by atoms with Gasteiger partial charge in [-0.1, -0.05) is 36.4 Å². The third-order valence-electron chi connectivity index (χ3n) is 4.92. The van der Waals surface area contributed by atoms with E-state index in [0.29, 0.717) is 13.2 Å². The molecular weight excluding hydrogens is 352 g/mol. The molecule has 0 N–H and O–H groups in total. The number of ether oxygens (including phenoxy) is 1. The summed E-state index contributed by atoms with van der Waals surface area (Å²) in [5.41, 5.74) is 3.08. The Kier molecular flexibility index (Phi) is 6.14. The maximum Gasteiger partial charge on any atom is 0.225 e. The van der Waals surface area contributed by atoms with E-state index in [9.17, 15) is 9.59 Å². The van der Waals surface area contributed by atoms with Crippen molar-refractivity contribution >= 4 is 17.9 Å². The van der Waals surface area contributed by atoms with Gasteiger partial charge in [0.1, 0.15) is 5.75 Å². The van der Waals surface area contributed by atoms with Gasteiger partial charge in [0.25, 0.3) is 0 Å². The first-order valence-corrected chi connectivity index (χ1v) is 9.51. The van der Waals surface area contributed by atoms with Crippen molar-refractivity contribution in [2.75, 3.05) is 13.7 Å². The highest BCUT2D eigenvalue weighted by Gasteiger charge is 2.29. The van der Waals surface area contributed by atoms with Crippen LogP contribution in [0, 0.1) is 0 Å². The van der Waals surface area contributed by atoms with Crippen LogP contribution in [-0.2, 0) is 16.1 Å². The van der Waals surface area contributed by atoms with Crippen LogP contribution >= 0.6 is 0 Å². The molecule has 5 nitrogen and oxygen atoms in total. The zero-order valence-corrected chi connectivity index (χ0v) is 16.6. The first kappa shape index (κ1) is 19.7. The smallest absolute Gasteiger partial charge is 0.225 e. The summed E-state index contributed by atoms with van der Waals surface area (Å²) in [5.74, 6) is 0.746. The Morgan fingerprint density at radius 1 is 1.11 bits per heavy atom. The summed E-state index contributed by atoms with van der Waals surface area (Å²) >= 11 is 0. The van der Waals surface area contributed by atoms with Crippen molar-refractivity contribution in [3.8, 4) is 5.75 Å². The molecule has 0 aromatic heterocycles. The Bertz CT molecular complexity index is 874. The van der Waals surface area contributed by atoms with Crippen LogP contribution in [0.15, 0.2) is 54.7 Å². The Balaban J connectivity index is 1.71. The lowest BCUT2D eigenvalue weighted by atomic mass is 9.93. The summed E-state index contributed by atoms with van der Waals surface area (Å²) < 4.78 is 5.46. The molecule has 0 spiro atoms. The predicted molar refractivity (Wildman–Crippen MR) is 109 cm³/mol. The molecule has 0 aliphatic carbocycles. The van der Waals surface area contributed by atoms with Crippen LogP contribution in [0.5, 0.6) is 5.75 Å². The number of carbonyl (C=O) groups excluding carboxylic acids is 2. The Hall–Kier alpha value is -3.08. The highest BCUT2D eigenvalue weighted by Crippen LogP contribution is 2.33. The van der Waals surface area contributed by atoms with Gasteiger partial charge < -0.3 is 14.5 Å². The maximum atomic E-state index is 12.9. The molecule has 1 aliphatic rings. The largest absolute Gasteiger partial charge is 0.494 e. The SMILES string of the molecule is CCOc1ccc(CN(C)C(=O)CC2c3ccccc3C=CN2C(C)=O)cc1. The van der Waals surface area contributed by atoms with E-state index in [1.54, 1.807) is 23.0 Å². The van der Waals surface area contributed by atoms with E-state index >= 15 is 0 Å². The van der Waals surface area contributed by atoms with Crippen LogP contribution in [0.1, 0.15) is 43.0 Å². The topological polar surface area (TPSA) is 49.9 Å². The molecule has 1 heterocycles. The average molecular weight is 378 g/mol. The Labute approximate surface area is 166 Å². The highest BCUT2D eigenvalue weighted by molar-refractivity contribution is 5.81. The number of benzene rings is 2. The van der Waals surface area contributed by atoms with Gasteiger partial charge in [0.15, 0.2) is 0 Å². The second kappa shape index (κ2) is 8.74. The zero-order valence-electron chi connectivity index (χ0n) is 16.6. The van der Waals surface area contributed by atoms with Gasteiger partial charge in [-0.05, 0) is 41.8 Å². The quantitative estimate of drug-likeness (QED) is 0.763. The van der Waals surface area contributed by atoms with Crippen molar-refractivity contribution in [3.05, 3.63) is 71.4 Å². The van der Waals surface area contributed by atoms with Crippen LogP contribution in [0.3, 0.4) is 0 Å². The molecule has 2 aromatic carbocycles. The molecule has 0 fully saturated rings. The minimum absolute atomic E-state index is 0.00441. The van der Waals surface area contributed by atoms with Crippen LogP contribution in [0.25, 0.3) is 6.08 Å². The summed E-state index contributed by atoms with van der Waals surface area (Å²) in [6, 6.07) is 15.4. The summed E-state index contributed by atoms with van der Waals surface area (Å²) in [4.78, 5) is 28.3. The van der Waals surface area contributed by atoms with Gasteiger partial charge in [0, 0.05) is 26.7 Å². The Morgan fingerprint density at radius 3 is 2.50 bits per heavy atom. The molecule has 0 bridgehead atoms. The molecule has 2 amide bonds. The lowest BCUT2D eigenvalue weighted by Gasteiger charge is -2.33. The number of rotatable bonds is 6. The van der Waals surface area contributed by atoms with Crippen molar-refractivity contribution in [2.45, 2.75) is 32.9 Å². The first-order valence-electron chi connectivity index (χ1n) is 9.51. The van der Waals surface area contributed by atoms with E-state index in [1.165, 1.54) is 6.92 Å². The molecule has 3 rings (SSSR count). The molecule has 1 unspecified atom stereocenters. The number of hydrogen-bond donors (Lipinski definition) is 0. The van der Waals surface area contributed by atoms with Gasteiger partial charge in [-0.15, -0.1) is 0 Å². The predicted octanol–water partition coefficient (Wildman–Crippen LogP) is 4.01. The van der Waals surface area contributed by atoms with Gasteiger partial charge in [-0.2, -0.15) is 0 Å². The normalized spacial score (nSPS) is 15.1. The molecule has 0 saturated carbocycles. The minimum atomic E-state index is -0.283. The van der Waals surface area contributed by atoms with E-state index in [4.69, 9.17) is 4.74 Å². The van der Waals surface area contributed by atoms with Crippen molar-refractivity contribution in [2.24, 2.45) is 0 Å². The van der Waals surface area contributed by atoms with Gasteiger partial charge in [0.05, 0.1) is 19.1 Å². The fraction of sp³-hybridized carbons (Fsp3) is 0.304. The molecule has 2 aromatic rings. The van der Waals surface area contributed by atoms with Gasteiger partial charge in [-0.25, -0.2) is 0 Å². The van der Waals surface area contributed by atoms with Crippen molar-refractivity contribution in [1.82, 2.24) is 9.80 Å². The van der Waals surface area contributed by atoms with Crippen LogP contribution < -0.4 is 4.74 Å². The van der Waals surface area contributed by atoms with E-state index in [-0.39, 0.29) is 24.3 Å². The monoisotopic (exact) mass is 378 g/mol. The number of carbonyl (C=O) groups is 2. The maximum absolute atomic E-state index is 12.9. The van der Waals surface area contributed by atoms with Crippen LogP contribution in [0.4, 0.5) is 0 Å². The minimum Gasteiger partial charge on any atom is -0.494 e. The molecule has 1 aliphatic heterocycles. The van der Waals surface area contributed by atoms with E-state index in [0.717, 1.165) is 22.4 Å². The van der Waals surface area contributed by atoms with Crippen molar-refractivity contribution in [1.29, 1.82) is 0 Å². The lowest BCUT2D eigenvalue weighted by Crippen LogP contribution is -2.35. The standard InChI is InChI=1S/C23H26N2O3/c1-4-28-20-11-9-18(10-12-20)16-24(3)23(27)15-22-21-8-6-5-7-19(21)13-14-25(22)17(2)26/h5-14,22H,4,15-16H2,1-3H3. The van der Waals surface area contributed by atoms with Crippen LogP contribution in [0.2, 0.25) is 0 Å². The van der Waals surface area contributed by atoms with Crippen molar-refractivity contribution < 1.29 is 14.3 Å². The van der Waals surface area contributed by atoms with Crippen LogP contribution in [-0.4, -0.2) is 35.3 Å². The summed E-state index contributed by atoms with van der Waals surface area (Å²) in [6.07, 6.45) is 3.94. The summed E-state index contributed by atoms with van der Waals surface area (Å²) in [5, 5.41) is 0. The Morgan fingerprint density at radius 2 is 1.82 bits per heavy atom. The molecule has 5 heteroatoms. The van der Waals surface area contributed by atoms with E-state index in [1.807, 2.05) is 61.5 Å². The fourth-order valence-corrected chi connectivity index (χ4v) is 3.45. The molecule has 0 radical (unpaired) electrons. The second-order valence-corrected chi connectivity index (χ2v) is 6.92. The van der Waals surface area contributed by atoms with E-state index in [2.05, 4.69) is 0 Å². The average Bonchev–Trinajstić information content (AvgIpc) is 2.69. The number of hydrogen-bond acceptors (Lipinski definition) is 3. The van der Waals surface area contributed by atoms with E-state index < -0.39 is 0 Å². The molecular formula is C23H26N2O3. The first-order chi connectivity index (χ1) is 13.5.